The molecule has 0 spiro atoms. The fourth-order valence-corrected chi connectivity index (χ4v) is 3.66. The van der Waals surface area contributed by atoms with E-state index >= 15 is 0 Å². The van der Waals surface area contributed by atoms with Crippen molar-refractivity contribution >= 4 is 17.7 Å². The normalized spacial score (nSPS) is 13.4. The van der Waals surface area contributed by atoms with Gasteiger partial charge in [-0.2, -0.15) is 0 Å². The summed E-state index contributed by atoms with van der Waals surface area (Å²) in [4.78, 5) is 14.5. The molecule has 3 rings (SSSR count). The number of hydrogen-bond donors (Lipinski definition) is 0. The quantitative estimate of drug-likeness (QED) is 0.175. The molecule has 176 valence electrons. The third-order valence-corrected chi connectivity index (χ3v) is 5.48. The highest BCUT2D eigenvalue weighted by atomic mass is 16.5. The monoisotopic (exact) mass is 449 g/mol. The van der Waals surface area contributed by atoms with Gasteiger partial charge >= 0.3 is 5.97 Å². The first-order valence-corrected chi connectivity index (χ1v) is 11.8. The van der Waals surface area contributed by atoms with Gasteiger partial charge in [0.25, 0.3) is 0 Å². The lowest BCUT2D eigenvalue weighted by molar-refractivity contribution is -0.138. The second-order valence-corrected chi connectivity index (χ2v) is 8.04. The van der Waals surface area contributed by atoms with Crippen LogP contribution in [0.25, 0.3) is 17.2 Å². The van der Waals surface area contributed by atoms with E-state index in [9.17, 15) is 4.79 Å². The summed E-state index contributed by atoms with van der Waals surface area (Å²) in [5.74, 6) is 0.546. The summed E-state index contributed by atoms with van der Waals surface area (Å²) in [5.41, 5.74) is 4.88. The zero-order valence-corrected chi connectivity index (χ0v) is 20.0. The van der Waals surface area contributed by atoms with Crippen molar-refractivity contribution in [3.63, 3.8) is 0 Å². The summed E-state index contributed by atoms with van der Waals surface area (Å²) in [6.07, 6.45) is 8.46. The lowest BCUT2D eigenvalue weighted by Crippen LogP contribution is -2.19. The molecule has 1 aliphatic rings. The number of ether oxygens (including phenoxy) is 3. The van der Waals surface area contributed by atoms with E-state index in [-0.39, 0.29) is 5.97 Å². The predicted molar refractivity (Wildman–Crippen MR) is 135 cm³/mol. The smallest absolute Gasteiger partial charge is 0.333 e. The molecule has 0 aliphatic carbocycles. The Balaban J connectivity index is 1.74. The number of unbranched alkanes of at least 4 members (excludes halogenated alkanes) is 1. The maximum absolute atomic E-state index is 12.2. The zero-order valence-electron chi connectivity index (χ0n) is 20.0. The number of nitrogens with zero attached hydrogens (tertiary/aromatic N) is 1. The summed E-state index contributed by atoms with van der Waals surface area (Å²) < 4.78 is 16.5. The molecule has 0 N–H and O–H groups in total. The standard InChI is InChI=1S/C28H35NO4/c1-4-6-17-31-18-19-33-26-12-9-23(10-13-26)24-11-14-27(29-15-7-8-16-29)25(21-24)20-22(3)28(30)32-5-2/h7-14,20-21H,4-6,15-19H2,1-3H3. The van der Waals surface area contributed by atoms with Crippen molar-refractivity contribution in [2.45, 2.75) is 33.6 Å². The van der Waals surface area contributed by atoms with E-state index in [1.165, 1.54) is 0 Å². The van der Waals surface area contributed by atoms with E-state index < -0.39 is 0 Å². The maximum Gasteiger partial charge on any atom is 0.333 e. The Labute approximate surface area is 197 Å². The average Bonchev–Trinajstić information content (AvgIpc) is 3.36. The van der Waals surface area contributed by atoms with Gasteiger partial charge in [0.15, 0.2) is 0 Å². The average molecular weight is 450 g/mol. The molecule has 2 aromatic rings. The van der Waals surface area contributed by atoms with E-state index in [1.54, 1.807) is 6.92 Å². The van der Waals surface area contributed by atoms with Crippen molar-refractivity contribution < 1.29 is 19.0 Å². The molecule has 0 fully saturated rings. The van der Waals surface area contributed by atoms with Crippen LogP contribution in [0.3, 0.4) is 0 Å². The SMILES string of the molecule is CCCCOCCOc1ccc(-c2ccc(N3CC=CC3)c(C=C(C)C(=O)OCC)c2)cc1. The van der Waals surface area contributed by atoms with Crippen molar-refractivity contribution in [1.29, 1.82) is 0 Å². The topological polar surface area (TPSA) is 48.0 Å². The summed E-state index contributed by atoms with van der Waals surface area (Å²) in [6.45, 7) is 9.81. The zero-order chi connectivity index (χ0) is 23.5. The maximum atomic E-state index is 12.2. The number of benzene rings is 2. The first-order chi connectivity index (χ1) is 16.1. The molecule has 0 aromatic heterocycles. The van der Waals surface area contributed by atoms with E-state index in [1.807, 2.05) is 25.1 Å². The highest BCUT2D eigenvalue weighted by Crippen LogP contribution is 2.31. The first-order valence-electron chi connectivity index (χ1n) is 11.8. The van der Waals surface area contributed by atoms with Gasteiger partial charge in [-0.05, 0) is 67.3 Å². The van der Waals surface area contributed by atoms with Crippen LogP contribution in [0, 0.1) is 0 Å². The molecule has 33 heavy (non-hydrogen) atoms. The van der Waals surface area contributed by atoms with Gasteiger partial charge in [-0.3, -0.25) is 0 Å². The fraction of sp³-hybridized carbons (Fsp3) is 0.393. The Morgan fingerprint density at radius 2 is 1.70 bits per heavy atom. The second kappa shape index (κ2) is 12.9. The Hall–Kier alpha value is -3.05. The van der Waals surface area contributed by atoms with E-state index in [2.05, 4.69) is 54.3 Å². The van der Waals surface area contributed by atoms with Crippen LogP contribution in [0.15, 0.2) is 60.2 Å². The molecule has 2 aromatic carbocycles. The number of carbonyl (C=O) groups excluding carboxylic acids is 1. The molecule has 1 heterocycles. The van der Waals surface area contributed by atoms with Crippen LogP contribution in [0.2, 0.25) is 0 Å². The van der Waals surface area contributed by atoms with Crippen molar-refractivity contribution in [2.24, 2.45) is 0 Å². The first kappa shape index (κ1) is 24.6. The number of esters is 1. The van der Waals surface area contributed by atoms with E-state index in [0.717, 1.165) is 60.7 Å². The highest BCUT2D eigenvalue weighted by Gasteiger charge is 2.14. The lowest BCUT2D eigenvalue weighted by Gasteiger charge is -2.21. The minimum absolute atomic E-state index is 0.284. The minimum atomic E-state index is -0.284. The molecule has 5 heteroatoms. The van der Waals surface area contributed by atoms with E-state index in [4.69, 9.17) is 14.2 Å². The van der Waals surface area contributed by atoms with Crippen molar-refractivity contribution in [2.75, 3.05) is 44.4 Å². The number of anilines is 1. The Morgan fingerprint density at radius 3 is 2.39 bits per heavy atom. The minimum Gasteiger partial charge on any atom is -0.491 e. The molecule has 0 atom stereocenters. The molecule has 0 unspecified atom stereocenters. The molecule has 0 amide bonds. The van der Waals surface area contributed by atoms with Crippen LogP contribution in [-0.2, 0) is 14.3 Å². The summed E-state index contributed by atoms with van der Waals surface area (Å²) in [5, 5.41) is 0. The molecule has 1 aliphatic heterocycles. The van der Waals surface area contributed by atoms with Gasteiger partial charge in [-0.25, -0.2) is 4.79 Å². The fourth-order valence-electron chi connectivity index (χ4n) is 3.66. The van der Waals surface area contributed by atoms with Gasteiger partial charge in [0, 0.05) is 31.0 Å². The van der Waals surface area contributed by atoms with Crippen LogP contribution in [0.1, 0.15) is 39.2 Å². The largest absolute Gasteiger partial charge is 0.491 e. The van der Waals surface area contributed by atoms with Gasteiger partial charge in [-0.15, -0.1) is 0 Å². The summed E-state index contributed by atoms with van der Waals surface area (Å²) in [6, 6.07) is 14.5. The van der Waals surface area contributed by atoms with Crippen LogP contribution in [-0.4, -0.2) is 45.5 Å². The molecule has 0 saturated heterocycles. The van der Waals surface area contributed by atoms with Gasteiger partial charge in [0.2, 0.25) is 0 Å². The van der Waals surface area contributed by atoms with Crippen molar-refractivity contribution in [1.82, 2.24) is 0 Å². The third kappa shape index (κ3) is 7.22. The van der Waals surface area contributed by atoms with Crippen LogP contribution < -0.4 is 9.64 Å². The molecule has 5 nitrogen and oxygen atoms in total. The Bertz CT molecular complexity index is 954. The van der Waals surface area contributed by atoms with E-state index in [0.29, 0.717) is 25.4 Å². The summed E-state index contributed by atoms with van der Waals surface area (Å²) in [7, 11) is 0. The number of hydrogen-bond acceptors (Lipinski definition) is 5. The summed E-state index contributed by atoms with van der Waals surface area (Å²) >= 11 is 0. The van der Waals surface area contributed by atoms with Gasteiger partial charge < -0.3 is 19.1 Å². The number of carbonyl (C=O) groups is 1. The third-order valence-electron chi connectivity index (χ3n) is 5.48. The van der Waals surface area contributed by atoms with Crippen LogP contribution >= 0.6 is 0 Å². The van der Waals surface area contributed by atoms with Crippen molar-refractivity contribution in [3.8, 4) is 16.9 Å². The molecular weight excluding hydrogens is 414 g/mol. The Kier molecular flexibility index (Phi) is 9.58. The Morgan fingerprint density at radius 1 is 0.970 bits per heavy atom. The molecule has 0 saturated carbocycles. The van der Waals surface area contributed by atoms with Gasteiger partial charge in [0.1, 0.15) is 12.4 Å². The van der Waals surface area contributed by atoms with Crippen molar-refractivity contribution in [3.05, 3.63) is 65.8 Å². The lowest BCUT2D eigenvalue weighted by atomic mass is 10.00. The van der Waals surface area contributed by atoms with Gasteiger partial charge in [-0.1, -0.05) is 43.7 Å². The molecule has 0 bridgehead atoms. The highest BCUT2D eigenvalue weighted by molar-refractivity contribution is 5.94. The molecular formula is C28H35NO4. The predicted octanol–water partition coefficient (Wildman–Crippen LogP) is 5.89. The second-order valence-electron chi connectivity index (χ2n) is 8.04. The van der Waals surface area contributed by atoms with Crippen LogP contribution in [0.5, 0.6) is 5.75 Å². The number of rotatable bonds is 12. The van der Waals surface area contributed by atoms with Crippen LogP contribution in [0.4, 0.5) is 5.69 Å². The molecule has 0 radical (unpaired) electrons. The van der Waals surface area contributed by atoms with Gasteiger partial charge in [0.05, 0.1) is 13.2 Å².